The van der Waals surface area contributed by atoms with Crippen LogP contribution in [-0.4, -0.2) is 14.7 Å². The van der Waals surface area contributed by atoms with E-state index in [-0.39, 0.29) is 16.2 Å². The normalized spacial score (nSPS) is 19.4. The van der Waals surface area contributed by atoms with Crippen molar-refractivity contribution in [1.82, 2.24) is 0 Å². The fourth-order valence-corrected chi connectivity index (χ4v) is 15.0. The summed E-state index contributed by atoms with van der Waals surface area (Å²) in [5.41, 5.74) is 11.8. The maximum atomic E-state index is 6.95. The van der Waals surface area contributed by atoms with Gasteiger partial charge in [0.2, 0.25) is 0 Å². The molecule has 0 heterocycles. The molecule has 0 spiro atoms. The molecule has 2 aromatic carbocycles. The van der Waals surface area contributed by atoms with Gasteiger partial charge in [0.1, 0.15) is 20.4 Å². The molecule has 0 aromatic heterocycles. The maximum Gasteiger partial charge on any atom is 0.122 e. The highest BCUT2D eigenvalue weighted by atomic mass is 28.3. The fourth-order valence-electron chi connectivity index (χ4n) is 9.71. The minimum atomic E-state index is -2.33. The average Bonchev–Trinajstić information content (AvgIpc) is 3.40. The second kappa shape index (κ2) is 15.2. The molecule has 2 aromatic rings. The highest BCUT2D eigenvalue weighted by Crippen LogP contribution is 2.62. The molecule has 2 heteroatoms. The molecular formula is C48H70OSi. The lowest BCUT2D eigenvalue weighted by Gasteiger charge is -2.43. The maximum absolute atomic E-state index is 6.95. The van der Waals surface area contributed by atoms with E-state index in [0.29, 0.717) is 12.1 Å². The van der Waals surface area contributed by atoms with Crippen molar-refractivity contribution in [1.29, 1.82) is 0 Å². The molecule has 50 heavy (non-hydrogen) atoms. The van der Waals surface area contributed by atoms with Crippen molar-refractivity contribution in [2.75, 3.05) is 6.61 Å². The Labute approximate surface area is 308 Å². The van der Waals surface area contributed by atoms with E-state index < -0.39 is 8.07 Å². The monoisotopic (exact) mass is 691 g/mol. The van der Waals surface area contributed by atoms with Crippen LogP contribution >= 0.6 is 0 Å². The van der Waals surface area contributed by atoms with Crippen molar-refractivity contribution in [2.24, 2.45) is 10.8 Å². The lowest BCUT2D eigenvalue weighted by molar-refractivity contribution is 0.361. The van der Waals surface area contributed by atoms with Gasteiger partial charge in [0.25, 0.3) is 0 Å². The summed E-state index contributed by atoms with van der Waals surface area (Å²) in [4.78, 5) is 0. The highest BCUT2D eigenvalue weighted by molar-refractivity contribution is 6.95. The Morgan fingerprint density at radius 1 is 0.880 bits per heavy atom. The Morgan fingerprint density at radius 3 is 2.18 bits per heavy atom. The van der Waals surface area contributed by atoms with Crippen molar-refractivity contribution in [3.05, 3.63) is 92.9 Å². The van der Waals surface area contributed by atoms with Gasteiger partial charge in [-0.1, -0.05) is 169 Å². The van der Waals surface area contributed by atoms with Crippen molar-refractivity contribution < 1.29 is 4.74 Å². The van der Waals surface area contributed by atoms with Gasteiger partial charge in [-0.25, -0.2) is 0 Å². The summed E-state index contributed by atoms with van der Waals surface area (Å²) in [6.07, 6.45) is 19.5. The predicted molar refractivity (Wildman–Crippen MR) is 223 cm³/mol. The Hall–Kier alpha value is -2.58. The molecule has 0 aliphatic heterocycles. The zero-order chi connectivity index (χ0) is 36.5. The number of hydrogen-bond donors (Lipinski definition) is 0. The lowest BCUT2D eigenvalue weighted by atomic mass is 9.72. The molecule has 1 nitrogen and oxygen atoms in total. The molecule has 0 bridgehead atoms. The van der Waals surface area contributed by atoms with E-state index in [2.05, 4.69) is 125 Å². The molecule has 0 saturated heterocycles. The van der Waals surface area contributed by atoms with Gasteiger partial charge in [0.15, 0.2) is 0 Å². The van der Waals surface area contributed by atoms with Crippen LogP contribution in [0, 0.1) is 10.8 Å². The standard InChI is InChI=1S/C48H70OSi/c1-13-18-20-22-34-29-35(23-21-19-14-2)44(49-28-15-3)41(30-34)50(16-4,17-5)45-40-33-47(9,10)27-26-38(40)43-42(45)39-31-37(46(6,7)8)25-24-36(39)32-48(43,11)12/h15,24-25,29-33,45H,3,13-14,16-23,26-28H2,1-2,4-12H3. The quantitative estimate of drug-likeness (QED) is 0.103. The second-order valence-corrected chi connectivity index (χ2v) is 23.1. The summed E-state index contributed by atoms with van der Waals surface area (Å²) in [5.74, 6) is 1.21. The molecule has 0 saturated carbocycles. The first kappa shape index (κ1) is 38.6. The minimum Gasteiger partial charge on any atom is -0.489 e. The fraction of sp³-hybridized carbons (Fsp3) is 0.583. The van der Waals surface area contributed by atoms with Crippen LogP contribution in [-0.2, 0) is 18.3 Å². The van der Waals surface area contributed by atoms with Crippen LogP contribution in [0.5, 0.6) is 5.75 Å². The molecule has 0 amide bonds. The van der Waals surface area contributed by atoms with Gasteiger partial charge in [-0.05, 0) is 104 Å². The van der Waals surface area contributed by atoms with Crippen LogP contribution in [0.2, 0.25) is 17.6 Å². The Kier molecular flexibility index (Phi) is 11.7. The molecule has 272 valence electrons. The Balaban J connectivity index is 1.92. The molecular weight excluding hydrogens is 621 g/mol. The largest absolute Gasteiger partial charge is 0.489 e. The Morgan fingerprint density at radius 2 is 1.56 bits per heavy atom. The summed E-state index contributed by atoms with van der Waals surface area (Å²) in [7, 11) is -2.33. The smallest absolute Gasteiger partial charge is 0.122 e. The van der Waals surface area contributed by atoms with E-state index in [0.717, 1.165) is 12.8 Å². The van der Waals surface area contributed by atoms with E-state index in [1.165, 1.54) is 96.3 Å². The third-order valence-corrected chi connectivity index (χ3v) is 18.2. The third kappa shape index (κ3) is 7.35. The third-order valence-electron chi connectivity index (χ3n) is 12.5. The highest BCUT2D eigenvalue weighted by Gasteiger charge is 2.54. The van der Waals surface area contributed by atoms with Gasteiger partial charge >= 0.3 is 0 Å². The number of rotatable bonds is 15. The van der Waals surface area contributed by atoms with E-state index >= 15 is 0 Å². The second-order valence-electron chi connectivity index (χ2n) is 18.2. The number of fused-ring (bicyclic) bond motifs is 3. The SMILES string of the molecule is C=CCOc1c(CCCCC)cc(CCCCC)cc1[Si](CC)(CC)C1C2=CC(C)(C)CCC2=C2C1=c1cc(C(C)(C)C)ccc1=CC2(C)C. The first-order valence-electron chi connectivity index (χ1n) is 20.4. The zero-order valence-corrected chi connectivity index (χ0v) is 35.0. The lowest BCUT2D eigenvalue weighted by Crippen LogP contribution is -2.54. The van der Waals surface area contributed by atoms with Crippen LogP contribution in [0.15, 0.2) is 65.8 Å². The number of benzene rings is 2. The number of aryl methyl sites for hydroxylation is 2. The molecule has 1 unspecified atom stereocenters. The first-order valence-corrected chi connectivity index (χ1v) is 22.9. The van der Waals surface area contributed by atoms with Crippen LogP contribution in [0.3, 0.4) is 0 Å². The van der Waals surface area contributed by atoms with Crippen molar-refractivity contribution in [3.63, 3.8) is 0 Å². The zero-order valence-electron chi connectivity index (χ0n) is 34.0. The molecule has 0 fully saturated rings. The first-order chi connectivity index (χ1) is 23.7. The molecule has 1 atom stereocenters. The number of allylic oxidation sites excluding steroid dienone is 4. The summed E-state index contributed by atoms with van der Waals surface area (Å²) in [6, 6.07) is 15.1. The van der Waals surface area contributed by atoms with Crippen LogP contribution in [0.1, 0.15) is 144 Å². The summed E-state index contributed by atoms with van der Waals surface area (Å²) in [6.45, 7) is 31.5. The van der Waals surface area contributed by atoms with Crippen LogP contribution < -0.4 is 20.4 Å². The van der Waals surface area contributed by atoms with Gasteiger partial charge in [0.05, 0.1) is 0 Å². The van der Waals surface area contributed by atoms with E-state index in [1.54, 1.807) is 27.5 Å². The molecule has 0 N–H and O–H groups in total. The molecule has 0 radical (unpaired) electrons. The summed E-state index contributed by atoms with van der Waals surface area (Å²) >= 11 is 0. The number of ether oxygens (including phenoxy) is 1. The summed E-state index contributed by atoms with van der Waals surface area (Å²) < 4.78 is 6.95. The van der Waals surface area contributed by atoms with Gasteiger partial charge in [0, 0.05) is 11.0 Å². The average molecular weight is 691 g/mol. The topological polar surface area (TPSA) is 9.23 Å². The van der Waals surface area contributed by atoms with E-state index in [4.69, 9.17) is 4.74 Å². The van der Waals surface area contributed by atoms with Gasteiger partial charge in [-0.15, -0.1) is 0 Å². The van der Waals surface area contributed by atoms with Crippen molar-refractivity contribution in [3.8, 4) is 5.75 Å². The number of unbranched alkanes of at least 4 members (excludes halogenated alkanes) is 4. The van der Waals surface area contributed by atoms with Gasteiger partial charge in [-0.2, -0.15) is 0 Å². The van der Waals surface area contributed by atoms with Crippen LogP contribution in [0.25, 0.3) is 11.6 Å². The Bertz CT molecular complexity index is 1750. The molecule has 5 rings (SSSR count). The van der Waals surface area contributed by atoms with E-state index in [9.17, 15) is 0 Å². The molecule has 3 aliphatic carbocycles. The minimum absolute atomic E-state index is 0.0205. The van der Waals surface area contributed by atoms with Gasteiger partial charge < -0.3 is 4.74 Å². The van der Waals surface area contributed by atoms with E-state index in [1.807, 2.05) is 6.08 Å². The predicted octanol–water partition coefficient (Wildman–Crippen LogP) is 11.8. The molecule has 3 aliphatic rings. The van der Waals surface area contributed by atoms with Crippen LogP contribution in [0.4, 0.5) is 0 Å². The summed E-state index contributed by atoms with van der Waals surface area (Å²) in [5, 5.41) is 4.53. The van der Waals surface area contributed by atoms with Crippen molar-refractivity contribution in [2.45, 2.75) is 163 Å². The van der Waals surface area contributed by atoms with Crippen molar-refractivity contribution >= 4 is 24.9 Å². The number of hydrogen-bond acceptors (Lipinski definition) is 1. The van der Waals surface area contributed by atoms with Gasteiger partial charge in [-0.3, -0.25) is 0 Å².